The number of allylic oxidation sites excluding steroid dienone is 1. The van der Waals surface area contributed by atoms with Gasteiger partial charge in [0.15, 0.2) is 11.6 Å². The largest absolute Gasteiger partial charge is 0.463 e. The van der Waals surface area contributed by atoms with Crippen molar-refractivity contribution in [3.05, 3.63) is 46.7 Å². The van der Waals surface area contributed by atoms with Gasteiger partial charge < -0.3 is 10.1 Å². The zero-order valence-electron chi connectivity index (χ0n) is 14.1. The number of rotatable bonds is 4. The third-order valence-electron chi connectivity index (χ3n) is 3.77. The average molecular weight is 352 g/mol. The van der Waals surface area contributed by atoms with Gasteiger partial charge in [-0.3, -0.25) is 9.69 Å². The van der Waals surface area contributed by atoms with Crippen LogP contribution in [0.3, 0.4) is 0 Å². The molecule has 1 heterocycles. The Morgan fingerprint density at radius 1 is 1.24 bits per heavy atom. The molecule has 0 saturated heterocycles. The fourth-order valence-electron chi connectivity index (χ4n) is 2.64. The number of esters is 1. The molecule has 1 aliphatic heterocycles. The fraction of sp³-hybridized carbons (Fsp3) is 0.353. The van der Waals surface area contributed by atoms with Gasteiger partial charge in [0.2, 0.25) is 5.91 Å². The Bertz CT molecular complexity index is 761. The molecule has 1 aromatic carbocycles. The number of carbonyl (C=O) groups excluding carboxylic acids is 3. The number of carbonyl (C=O) groups is 3. The number of benzene rings is 1. The highest BCUT2D eigenvalue weighted by Crippen LogP contribution is 2.35. The molecule has 0 spiro atoms. The average Bonchev–Trinajstić information content (AvgIpc) is 2.56. The van der Waals surface area contributed by atoms with Crippen LogP contribution in [0.5, 0.6) is 0 Å². The number of urea groups is 1. The molecule has 3 amide bonds. The predicted molar refractivity (Wildman–Crippen MR) is 84.1 cm³/mol. The summed E-state index contributed by atoms with van der Waals surface area (Å²) in [6.07, 6.45) is -0.0112. The van der Waals surface area contributed by atoms with Crippen LogP contribution >= 0.6 is 0 Å². The van der Waals surface area contributed by atoms with Crippen LogP contribution in [0.25, 0.3) is 0 Å². The molecule has 1 aliphatic rings. The summed E-state index contributed by atoms with van der Waals surface area (Å²) in [7, 11) is 0. The minimum atomic E-state index is -1.20. The smallest absolute Gasteiger partial charge is 0.338 e. The maximum absolute atomic E-state index is 13.7. The molecular formula is C17H18F2N2O4. The van der Waals surface area contributed by atoms with E-state index in [2.05, 4.69) is 5.32 Å². The van der Waals surface area contributed by atoms with Gasteiger partial charge in [-0.25, -0.2) is 18.4 Å². The van der Waals surface area contributed by atoms with Gasteiger partial charge in [-0.1, -0.05) is 13.0 Å². The first-order valence-electron chi connectivity index (χ1n) is 7.77. The lowest BCUT2D eigenvalue weighted by Gasteiger charge is -2.36. The zero-order valence-corrected chi connectivity index (χ0v) is 14.1. The highest BCUT2D eigenvalue weighted by molar-refractivity contribution is 6.02. The number of nitrogens with zero attached hydrogens (tertiary/aromatic N) is 1. The quantitative estimate of drug-likeness (QED) is 0.846. The van der Waals surface area contributed by atoms with Crippen LogP contribution in [0.1, 0.15) is 38.8 Å². The van der Waals surface area contributed by atoms with E-state index in [-0.39, 0.29) is 29.9 Å². The highest BCUT2D eigenvalue weighted by atomic mass is 19.2. The molecule has 0 fully saturated rings. The van der Waals surface area contributed by atoms with Gasteiger partial charge in [0.1, 0.15) is 6.04 Å². The summed E-state index contributed by atoms with van der Waals surface area (Å²) in [4.78, 5) is 37.8. The maximum Gasteiger partial charge on any atom is 0.338 e. The molecule has 0 aliphatic carbocycles. The Balaban J connectivity index is 2.66. The summed E-state index contributed by atoms with van der Waals surface area (Å²) in [5.74, 6) is -3.53. The minimum absolute atomic E-state index is 0.00532. The van der Waals surface area contributed by atoms with Crippen LogP contribution in [0, 0.1) is 11.6 Å². The Morgan fingerprint density at radius 2 is 1.92 bits per heavy atom. The Labute approximate surface area is 143 Å². The van der Waals surface area contributed by atoms with Crippen LogP contribution in [0.15, 0.2) is 29.5 Å². The molecule has 0 radical (unpaired) electrons. The number of hydrogen-bond donors (Lipinski definition) is 1. The van der Waals surface area contributed by atoms with Crippen molar-refractivity contribution in [2.75, 3.05) is 6.61 Å². The lowest BCUT2D eigenvalue weighted by molar-refractivity contribution is -0.140. The number of nitrogens with one attached hydrogen (secondary N) is 1. The molecule has 0 bridgehead atoms. The van der Waals surface area contributed by atoms with Crippen molar-refractivity contribution >= 4 is 17.9 Å². The van der Waals surface area contributed by atoms with E-state index < -0.39 is 35.6 Å². The first-order chi connectivity index (χ1) is 11.8. The topological polar surface area (TPSA) is 75.7 Å². The Hall–Kier alpha value is -2.77. The lowest BCUT2D eigenvalue weighted by Crippen LogP contribution is -2.51. The molecule has 1 atom stereocenters. The Morgan fingerprint density at radius 3 is 2.48 bits per heavy atom. The van der Waals surface area contributed by atoms with Crippen LogP contribution in [0.4, 0.5) is 13.6 Å². The molecule has 0 aromatic heterocycles. The first kappa shape index (κ1) is 18.6. The molecule has 2 rings (SSSR count). The van der Waals surface area contributed by atoms with Crippen LogP contribution < -0.4 is 5.32 Å². The zero-order chi connectivity index (χ0) is 18.7. The molecule has 1 unspecified atom stereocenters. The van der Waals surface area contributed by atoms with Crippen molar-refractivity contribution in [1.29, 1.82) is 0 Å². The number of hydrogen-bond acceptors (Lipinski definition) is 4. The first-order valence-corrected chi connectivity index (χ1v) is 7.77. The monoisotopic (exact) mass is 352 g/mol. The molecule has 6 nitrogen and oxygen atoms in total. The molecule has 8 heteroatoms. The number of halogens is 2. The van der Waals surface area contributed by atoms with Crippen LogP contribution in [0.2, 0.25) is 0 Å². The van der Waals surface area contributed by atoms with Gasteiger partial charge in [0.05, 0.1) is 12.2 Å². The van der Waals surface area contributed by atoms with Gasteiger partial charge in [0.25, 0.3) is 0 Å². The maximum atomic E-state index is 13.7. The van der Waals surface area contributed by atoms with Gasteiger partial charge in [0, 0.05) is 12.1 Å². The third-order valence-corrected chi connectivity index (χ3v) is 3.77. The van der Waals surface area contributed by atoms with E-state index in [1.165, 1.54) is 13.0 Å². The highest BCUT2D eigenvalue weighted by Gasteiger charge is 2.41. The normalized spacial score (nSPS) is 17.4. The van der Waals surface area contributed by atoms with Crippen molar-refractivity contribution in [1.82, 2.24) is 10.2 Å². The molecule has 0 saturated carbocycles. The van der Waals surface area contributed by atoms with Crippen LogP contribution in [-0.2, 0) is 14.3 Å². The van der Waals surface area contributed by atoms with E-state index in [0.717, 1.165) is 17.0 Å². The predicted octanol–water partition coefficient (Wildman–Crippen LogP) is 2.80. The van der Waals surface area contributed by atoms with E-state index in [0.29, 0.717) is 0 Å². The van der Waals surface area contributed by atoms with Gasteiger partial charge in [-0.05, 0) is 31.5 Å². The van der Waals surface area contributed by atoms with E-state index >= 15 is 0 Å². The minimum Gasteiger partial charge on any atom is -0.463 e. The second-order valence-corrected chi connectivity index (χ2v) is 5.38. The van der Waals surface area contributed by atoms with Crippen LogP contribution in [-0.4, -0.2) is 29.4 Å². The number of imide groups is 1. The molecule has 1 N–H and O–H groups in total. The second-order valence-electron chi connectivity index (χ2n) is 5.38. The van der Waals surface area contributed by atoms with E-state index in [4.69, 9.17) is 4.74 Å². The van der Waals surface area contributed by atoms with Crippen molar-refractivity contribution in [3.8, 4) is 0 Å². The summed E-state index contributed by atoms with van der Waals surface area (Å²) in [6.45, 7) is 4.71. The van der Waals surface area contributed by atoms with E-state index in [9.17, 15) is 23.2 Å². The molecular weight excluding hydrogens is 334 g/mol. The second kappa shape index (κ2) is 7.42. The van der Waals surface area contributed by atoms with Gasteiger partial charge >= 0.3 is 12.0 Å². The van der Waals surface area contributed by atoms with Crippen molar-refractivity contribution in [2.24, 2.45) is 0 Å². The fourth-order valence-corrected chi connectivity index (χ4v) is 2.64. The number of amides is 3. The summed E-state index contributed by atoms with van der Waals surface area (Å²) in [6, 6.07) is 1.03. The van der Waals surface area contributed by atoms with Gasteiger partial charge in [-0.15, -0.1) is 0 Å². The molecule has 134 valence electrons. The molecule has 25 heavy (non-hydrogen) atoms. The summed E-state index contributed by atoms with van der Waals surface area (Å²) >= 11 is 0. The summed E-state index contributed by atoms with van der Waals surface area (Å²) < 4.78 is 32.0. The van der Waals surface area contributed by atoms with Crippen molar-refractivity contribution in [3.63, 3.8) is 0 Å². The third kappa shape index (κ3) is 3.52. The van der Waals surface area contributed by atoms with Gasteiger partial charge in [-0.2, -0.15) is 0 Å². The Kier molecular flexibility index (Phi) is 5.51. The van der Waals surface area contributed by atoms with E-state index in [1.54, 1.807) is 13.8 Å². The van der Waals surface area contributed by atoms with E-state index in [1.807, 2.05) is 0 Å². The van der Waals surface area contributed by atoms with Crippen molar-refractivity contribution < 1.29 is 27.9 Å². The SMILES string of the molecule is CCOC(=O)C1=C(C)NC(=O)N(C(=O)CC)C1c1ccc(F)c(F)c1. The van der Waals surface area contributed by atoms with Crippen molar-refractivity contribution in [2.45, 2.75) is 33.2 Å². The summed E-state index contributed by atoms with van der Waals surface area (Å²) in [5, 5.41) is 2.44. The lowest BCUT2D eigenvalue weighted by atomic mass is 9.93. The standard InChI is InChI=1S/C17H18F2N2O4/c1-4-13(22)21-15(10-6-7-11(18)12(19)8-10)14(16(23)25-5-2)9(3)20-17(21)24/h6-8,15H,4-5H2,1-3H3,(H,20,24). The number of ether oxygens (including phenoxy) is 1. The summed E-state index contributed by atoms with van der Waals surface area (Å²) in [5.41, 5.74) is 0.283. The molecule has 1 aromatic rings.